The molecule has 144 valence electrons. The van der Waals surface area contributed by atoms with Crippen molar-refractivity contribution >= 4 is 17.3 Å². The van der Waals surface area contributed by atoms with E-state index < -0.39 is 0 Å². The monoisotopic (exact) mass is 375 g/mol. The molecular formula is C23H25N3O2. The maximum absolute atomic E-state index is 13.3. The second-order valence-corrected chi connectivity index (χ2v) is 6.42. The molecule has 1 amide bonds. The number of anilines is 2. The van der Waals surface area contributed by atoms with E-state index in [1.807, 2.05) is 66.7 Å². The van der Waals surface area contributed by atoms with Crippen LogP contribution in [0.4, 0.5) is 11.4 Å². The highest BCUT2D eigenvalue weighted by atomic mass is 16.5. The molecule has 0 unspecified atom stereocenters. The molecule has 0 bridgehead atoms. The molecule has 0 fully saturated rings. The number of benzene rings is 2. The zero-order valence-corrected chi connectivity index (χ0v) is 16.0. The molecule has 0 atom stereocenters. The molecule has 3 aromatic rings. The van der Waals surface area contributed by atoms with E-state index in [0.29, 0.717) is 18.8 Å². The summed E-state index contributed by atoms with van der Waals surface area (Å²) in [6.45, 7) is 1.96. The van der Waals surface area contributed by atoms with Crippen molar-refractivity contribution in [1.82, 2.24) is 4.98 Å². The predicted octanol–water partition coefficient (Wildman–Crippen LogP) is 4.38. The Labute approximate surface area is 166 Å². The van der Waals surface area contributed by atoms with Gasteiger partial charge in [0.25, 0.3) is 5.91 Å². The number of para-hydroxylation sites is 1. The quantitative estimate of drug-likeness (QED) is 0.564. The third-order valence-corrected chi connectivity index (χ3v) is 4.33. The zero-order valence-electron chi connectivity index (χ0n) is 16.0. The van der Waals surface area contributed by atoms with Gasteiger partial charge in [0.2, 0.25) is 0 Å². The summed E-state index contributed by atoms with van der Waals surface area (Å²) < 4.78 is 5.07. The van der Waals surface area contributed by atoms with Crippen LogP contribution in [0.1, 0.15) is 22.5 Å². The van der Waals surface area contributed by atoms with Crippen molar-refractivity contribution in [3.63, 3.8) is 0 Å². The lowest BCUT2D eigenvalue weighted by atomic mass is 10.1. The van der Waals surface area contributed by atoms with Crippen molar-refractivity contribution in [1.29, 1.82) is 0 Å². The van der Waals surface area contributed by atoms with Crippen LogP contribution in [0.3, 0.4) is 0 Å². The number of carbonyl (C=O) groups is 1. The molecule has 0 aliphatic heterocycles. The number of nitrogens with zero attached hydrogens (tertiary/aromatic N) is 2. The Morgan fingerprint density at radius 2 is 1.75 bits per heavy atom. The van der Waals surface area contributed by atoms with Gasteiger partial charge in [0.1, 0.15) is 5.69 Å². The Morgan fingerprint density at radius 1 is 1.04 bits per heavy atom. The van der Waals surface area contributed by atoms with E-state index in [-0.39, 0.29) is 5.91 Å². The van der Waals surface area contributed by atoms with Gasteiger partial charge in [-0.3, -0.25) is 9.78 Å². The van der Waals surface area contributed by atoms with Gasteiger partial charge < -0.3 is 15.0 Å². The molecule has 28 heavy (non-hydrogen) atoms. The number of aromatic nitrogens is 1. The summed E-state index contributed by atoms with van der Waals surface area (Å²) in [5, 5.41) is 3.31. The van der Waals surface area contributed by atoms with Crippen molar-refractivity contribution in [2.45, 2.75) is 13.0 Å². The molecule has 0 saturated heterocycles. The number of methoxy groups -OCH3 is 1. The average Bonchev–Trinajstić information content (AvgIpc) is 2.76. The topological polar surface area (TPSA) is 54.5 Å². The molecular weight excluding hydrogens is 350 g/mol. The van der Waals surface area contributed by atoms with Crippen molar-refractivity contribution in [3.05, 3.63) is 90.3 Å². The van der Waals surface area contributed by atoms with Crippen molar-refractivity contribution in [3.8, 4) is 0 Å². The Morgan fingerprint density at radius 3 is 2.46 bits per heavy atom. The Kier molecular flexibility index (Phi) is 7.15. The van der Waals surface area contributed by atoms with Gasteiger partial charge in [0.05, 0.1) is 6.54 Å². The summed E-state index contributed by atoms with van der Waals surface area (Å²) in [7, 11) is 1.69. The van der Waals surface area contributed by atoms with E-state index in [4.69, 9.17) is 4.74 Å². The van der Waals surface area contributed by atoms with Crippen molar-refractivity contribution in [2.24, 2.45) is 0 Å². The van der Waals surface area contributed by atoms with E-state index in [1.165, 1.54) is 0 Å². The summed E-state index contributed by atoms with van der Waals surface area (Å²) >= 11 is 0. The van der Waals surface area contributed by atoms with E-state index in [2.05, 4.69) is 10.3 Å². The number of pyridine rings is 1. The van der Waals surface area contributed by atoms with Crippen molar-refractivity contribution in [2.75, 3.05) is 30.5 Å². The molecule has 0 radical (unpaired) electrons. The first-order chi connectivity index (χ1) is 13.8. The minimum absolute atomic E-state index is 0.129. The molecule has 0 aliphatic carbocycles. The van der Waals surface area contributed by atoms with E-state index in [0.717, 1.165) is 29.9 Å². The fourth-order valence-corrected chi connectivity index (χ4v) is 2.90. The van der Waals surface area contributed by atoms with Gasteiger partial charge in [-0.2, -0.15) is 0 Å². The molecule has 1 aromatic heterocycles. The van der Waals surface area contributed by atoms with E-state index in [9.17, 15) is 4.79 Å². The van der Waals surface area contributed by atoms with Crippen LogP contribution in [0.15, 0.2) is 79.0 Å². The number of carbonyl (C=O) groups excluding carboxylic acids is 1. The normalized spacial score (nSPS) is 10.5. The summed E-state index contributed by atoms with van der Waals surface area (Å²) in [6, 6.07) is 23.3. The van der Waals surface area contributed by atoms with Crippen LogP contribution >= 0.6 is 0 Å². The summed E-state index contributed by atoms with van der Waals surface area (Å²) in [4.78, 5) is 19.4. The zero-order chi connectivity index (χ0) is 19.6. The van der Waals surface area contributed by atoms with Gasteiger partial charge in [0.15, 0.2) is 0 Å². The molecule has 5 heteroatoms. The fraction of sp³-hybridized carbons (Fsp3) is 0.217. The van der Waals surface area contributed by atoms with Gasteiger partial charge in [0, 0.05) is 37.8 Å². The summed E-state index contributed by atoms with van der Waals surface area (Å²) in [5.41, 5.74) is 3.20. The highest BCUT2D eigenvalue weighted by Crippen LogP contribution is 2.20. The standard InChI is InChI=1S/C23H25N3O2/c1-28-16-8-14-24-20-13-15-25-22(17-20)23(27)26(21-11-6-3-7-12-21)18-19-9-4-2-5-10-19/h2-7,9-13,15,17H,8,14,16,18H2,1H3,(H,24,25). The molecule has 5 nitrogen and oxygen atoms in total. The van der Waals surface area contributed by atoms with Crippen LogP contribution in [-0.4, -0.2) is 31.2 Å². The summed E-state index contributed by atoms with van der Waals surface area (Å²) in [5.74, 6) is -0.129. The van der Waals surface area contributed by atoms with Gasteiger partial charge >= 0.3 is 0 Å². The highest BCUT2D eigenvalue weighted by Gasteiger charge is 2.19. The number of ether oxygens (including phenoxy) is 1. The number of rotatable bonds is 9. The van der Waals surface area contributed by atoms with Gasteiger partial charge in [-0.25, -0.2) is 0 Å². The van der Waals surface area contributed by atoms with Gasteiger partial charge in [-0.15, -0.1) is 0 Å². The van der Waals surface area contributed by atoms with Crippen LogP contribution < -0.4 is 10.2 Å². The molecule has 2 aromatic carbocycles. The smallest absolute Gasteiger partial charge is 0.277 e. The minimum atomic E-state index is -0.129. The van der Waals surface area contributed by atoms with Crippen LogP contribution in [-0.2, 0) is 11.3 Å². The second-order valence-electron chi connectivity index (χ2n) is 6.42. The van der Waals surface area contributed by atoms with Crippen LogP contribution in [0.2, 0.25) is 0 Å². The van der Waals surface area contributed by atoms with Crippen LogP contribution in [0, 0.1) is 0 Å². The predicted molar refractivity (Wildman–Crippen MR) is 113 cm³/mol. The fourth-order valence-electron chi connectivity index (χ4n) is 2.90. The molecule has 1 heterocycles. The van der Waals surface area contributed by atoms with Crippen molar-refractivity contribution < 1.29 is 9.53 Å². The third kappa shape index (κ3) is 5.41. The first kappa shape index (κ1) is 19.6. The largest absolute Gasteiger partial charge is 0.385 e. The molecule has 0 saturated carbocycles. The van der Waals surface area contributed by atoms with Gasteiger partial charge in [-0.1, -0.05) is 48.5 Å². The number of amides is 1. The SMILES string of the molecule is COCCCNc1ccnc(C(=O)N(Cc2ccccc2)c2ccccc2)c1. The van der Waals surface area contributed by atoms with Crippen LogP contribution in [0.25, 0.3) is 0 Å². The first-order valence-corrected chi connectivity index (χ1v) is 9.37. The molecule has 0 spiro atoms. The number of hydrogen-bond acceptors (Lipinski definition) is 4. The molecule has 3 rings (SSSR count). The number of nitrogens with one attached hydrogen (secondary N) is 1. The number of hydrogen-bond donors (Lipinski definition) is 1. The average molecular weight is 375 g/mol. The summed E-state index contributed by atoms with van der Waals surface area (Å²) in [6.07, 6.45) is 2.56. The Balaban J connectivity index is 1.81. The maximum Gasteiger partial charge on any atom is 0.277 e. The second kappa shape index (κ2) is 10.2. The lowest BCUT2D eigenvalue weighted by molar-refractivity contribution is 0.0980. The van der Waals surface area contributed by atoms with E-state index in [1.54, 1.807) is 24.3 Å². The Hall–Kier alpha value is -3.18. The minimum Gasteiger partial charge on any atom is -0.385 e. The lowest BCUT2D eigenvalue weighted by Gasteiger charge is -2.23. The molecule has 0 aliphatic rings. The van der Waals surface area contributed by atoms with Gasteiger partial charge in [-0.05, 0) is 36.2 Å². The maximum atomic E-state index is 13.3. The lowest BCUT2D eigenvalue weighted by Crippen LogP contribution is -2.31. The Bertz CT molecular complexity index is 869. The highest BCUT2D eigenvalue weighted by molar-refractivity contribution is 6.05. The van der Waals surface area contributed by atoms with Crippen LogP contribution in [0.5, 0.6) is 0 Å². The third-order valence-electron chi connectivity index (χ3n) is 4.33. The first-order valence-electron chi connectivity index (χ1n) is 9.37. The molecule has 1 N–H and O–H groups in total. The van der Waals surface area contributed by atoms with E-state index >= 15 is 0 Å².